The van der Waals surface area contributed by atoms with E-state index in [1.807, 2.05) is 35.8 Å². The van der Waals surface area contributed by atoms with Crippen molar-refractivity contribution in [2.45, 2.75) is 64.7 Å². The van der Waals surface area contributed by atoms with Crippen LogP contribution in [0.1, 0.15) is 90.8 Å². The van der Waals surface area contributed by atoms with Crippen molar-refractivity contribution >= 4 is 52.5 Å². The standard InChI is InChI=1S/C33H29ClFN7O5S/c1-14-15(2)48-33-25(14)28(17-4-7-19(34)8-5-17)37-21(29-40-39-16(3)41(29)33)12-24(44)36-13-18-6-9-20-26(27(18)35)32(47)42(31(20)46)22-10-11-23(43)38-30(22)45/h4-9,21-22,28,37H,10-13H2,1-3H3,(H,36,44)(H,38,43,45)/t21?,22?,28-/m0/s1. The first kappa shape index (κ1) is 31.8. The molecule has 12 nitrogen and oxygen atoms in total. The number of benzene rings is 2. The summed E-state index contributed by atoms with van der Waals surface area (Å²) in [6.07, 6.45) is -0.166. The highest BCUT2D eigenvalue weighted by Gasteiger charge is 2.46. The van der Waals surface area contributed by atoms with Crippen molar-refractivity contribution in [1.29, 1.82) is 0 Å². The molecule has 2 unspecified atom stereocenters. The zero-order chi connectivity index (χ0) is 34.0. The maximum Gasteiger partial charge on any atom is 0.265 e. The summed E-state index contributed by atoms with van der Waals surface area (Å²) < 4.78 is 17.7. The fourth-order valence-electron chi connectivity index (χ4n) is 6.56. The Morgan fingerprint density at radius 2 is 1.81 bits per heavy atom. The fourth-order valence-corrected chi connectivity index (χ4v) is 7.94. The molecule has 1 saturated heterocycles. The van der Waals surface area contributed by atoms with Crippen molar-refractivity contribution < 1.29 is 28.4 Å². The smallest absolute Gasteiger partial charge is 0.265 e. The Labute approximate surface area is 282 Å². The number of amides is 5. The molecule has 0 radical (unpaired) electrons. The minimum atomic E-state index is -1.22. The molecule has 0 spiro atoms. The van der Waals surface area contributed by atoms with E-state index in [2.05, 4.69) is 40.0 Å². The molecule has 2 aromatic carbocycles. The van der Waals surface area contributed by atoms with E-state index in [9.17, 15) is 24.0 Å². The topological polar surface area (TPSA) is 155 Å². The Kier molecular flexibility index (Phi) is 7.96. The van der Waals surface area contributed by atoms with Crippen molar-refractivity contribution in [2.75, 3.05) is 0 Å². The normalized spacial score (nSPS) is 20.3. The van der Waals surface area contributed by atoms with Crippen LogP contribution in [0.2, 0.25) is 5.02 Å². The second kappa shape index (κ2) is 12.0. The van der Waals surface area contributed by atoms with Crippen LogP contribution in [0, 0.1) is 26.6 Å². The average Bonchev–Trinajstić information content (AvgIpc) is 3.62. The number of hydrogen-bond acceptors (Lipinski definition) is 9. The predicted octanol–water partition coefficient (Wildman–Crippen LogP) is 3.89. The van der Waals surface area contributed by atoms with Gasteiger partial charge in [0.2, 0.25) is 17.7 Å². The van der Waals surface area contributed by atoms with E-state index < -0.39 is 53.0 Å². The van der Waals surface area contributed by atoms with Crippen LogP contribution in [0.3, 0.4) is 0 Å². The molecule has 0 aliphatic carbocycles. The summed E-state index contributed by atoms with van der Waals surface area (Å²) in [4.78, 5) is 65.5. The van der Waals surface area contributed by atoms with Gasteiger partial charge in [-0.05, 0) is 56.5 Å². The zero-order valence-corrected chi connectivity index (χ0v) is 27.6. The van der Waals surface area contributed by atoms with Crippen LogP contribution >= 0.6 is 22.9 Å². The predicted molar refractivity (Wildman–Crippen MR) is 172 cm³/mol. The molecular weight excluding hydrogens is 661 g/mol. The lowest BCUT2D eigenvalue weighted by molar-refractivity contribution is -0.136. The van der Waals surface area contributed by atoms with Crippen LogP contribution in [0.15, 0.2) is 36.4 Å². The lowest BCUT2D eigenvalue weighted by atomic mass is 9.96. The summed E-state index contributed by atoms with van der Waals surface area (Å²) in [5.74, 6) is -3.21. The molecule has 0 saturated carbocycles. The summed E-state index contributed by atoms with van der Waals surface area (Å²) >= 11 is 7.83. The van der Waals surface area contributed by atoms with Crippen molar-refractivity contribution in [2.24, 2.45) is 0 Å². The number of nitrogens with zero attached hydrogens (tertiary/aromatic N) is 4. The Hall–Kier alpha value is -4.79. The molecule has 3 aliphatic rings. The SMILES string of the molecule is Cc1sc2c(c1C)[C@H](c1ccc(Cl)cc1)NC(CC(=O)NCc1ccc3c(c1F)C(=O)N(C1CCC(=O)NC1=O)C3=O)c1nnc(C)n1-2. The van der Waals surface area contributed by atoms with Gasteiger partial charge in [-0.3, -0.25) is 44.1 Å². The molecule has 246 valence electrons. The van der Waals surface area contributed by atoms with E-state index in [0.717, 1.165) is 26.6 Å². The largest absolute Gasteiger partial charge is 0.352 e. The average molecular weight is 690 g/mol. The van der Waals surface area contributed by atoms with Crippen molar-refractivity contribution in [1.82, 2.24) is 35.6 Å². The minimum absolute atomic E-state index is 0.00599. The number of carbonyl (C=O) groups is 5. The van der Waals surface area contributed by atoms with Gasteiger partial charge in [0.05, 0.1) is 23.2 Å². The Balaban J connectivity index is 1.13. The van der Waals surface area contributed by atoms with E-state index in [-0.39, 0.29) is 43.0 Å². The number of aryl methyl sites for hydroxylation is 2. The number of halogens is 2. The molecule has 7 rings (SSSR count). The Morgan fingerprint density at radius 3 is 2.54 bits per heavy atom. The van der Waals surface area contributed by atoms with Gasteiger partial charge in [0.15, 0.2) is 5.82 Å². The Morgan fingerprint density at radius 1 is 1.06 bits per heavy atom. The first-order valence-electron chi connectivity index (χ1n) is 15.3. The van der Waals surface area contributed by atoms with Crippen LogP contribution in [0.25, 0.3) is 5.00 Å². The molecular formula is C33H29ClFN7O5S. The number of carbonyl (C=O) groups excluding carboxylic acids is 5. The molecule has 5 heterocycles. The van der Waals surface area contributed by atoms with Crippen LogP contribution in [0.5, 0.6) is 0 Å². The van der Waals surface area contributed by atoms with E-state index in [4.69, 9.17) is 11.6 Å². The van der Waals surface area contributed by atoms with Gasteiger partial charge in [0, 0.05) is 40.4 Å². The third kappa shape index (κ3) is 5.20. The molecule has 5 amide bonds. The Bertz CT molecular complexity index is 2060. The summed E-state index contributed by atoms with van der Waals surface area (Å²) in [6, 6.07) is 8.05. The number of rotatable bonds is 6. The van der Waals surface area contributed by atoms with E-state index >= 15 is 4.39 Å². The van der Waals surface area contributed by atoms with Crippen molar-refractivity contribution in [3.05, 3.63) is 97.1 Å². The zero-order valence-electron chi connectivity index (χ0n) is 26.0. The summed E-state index contributed by atoms with van der Waals surface area (Å²) in [6.45, 7) is 5.72. The number of piperidine rings is 1. The third-order valence-electron chi connectivity index (χ3n) is 9.13. The van der Waals surface area contributed by atoms with Gasteiger partial charge in [-0.15, -0.1) is 21.5 Å². The number of nitrogens with one attached hydrogen (secondary N) is 3. The van der Waals surface area contributed by atoms with Crippen LogP contribution in [0.4, 0.5) is 4.39 Å². The van der Waals surface area contributed by atoms with Crippen molar-refractivity contribution in [3.8, 4) is 5.00 Å². The van der Waals surface area contributed by atoms with Gasteiger partial charge >= 0.3 is 0 Å². The quantitative estimate of drug-likeness (QED) is 0.258. The lowest BCUT2D eigenvalue weighted by Gasteiger charge is -2.27. The van der Waals surface area contributed by atoms with Gasteiger partial charge in [-0.25, -0.2) is 4.39 Å². The van der Waals surface area contributed by atoms with Gasteiger partial charge in [-0.2, -0.15) is 0 Å². The first-order valence-corrected chi connectivity index (χ1v) is 16.5. The minimum Gasteiger partial charge on any atom is -0.352 e. The maximum atomic E-state index is 15.8. The summed E-state index contributed by atoms with van der Waals surface area (Å²) in [5, 5.41) is 18.8. The lowest BCUT2D eigenvalue weighted by Crippen LogP contribution is -2.54. The number of fused-ring (bicyclic) bond motifs is 4. The first-order chi connectivity index (χ1) is 22.9. The second-order valence-electron chi connectivity index (χ2n) is 12.0. The number of aromatic nitrogens is 3. The molecule has 3 N–H and O–H groups in total. The molecule has 0 bridgehead atoms. The van der Waals surface area contributed by atoms with Gasteiger partial charge in [0.25, 0.3) is 11.8 Å². The number of hydrogen-bond donors (Lipinski definition) is 3. The molecule has 1 fully saturated rings. The van der Waals surface area contributed by atoms with E-state index in [1.165, 1.54) is 12.1 Å². The van der Waals surface area contributed by atoms with Gasteiger partial charge in [0.1, 0.15) is 22.7 Å². The van der Waals surface area contributed by atoms with E-state index in [0.29, 0.717) is 21.6 Å². The molecule has 3 atom stereocenters. The molecule has 3 aliphatic heterocycles. The summed E-state index contributed by atoms with van der Waals surface area (Å²) in [7, 11) is 0. The highest BCUT2D eigenvalue weighted by atomic mass is 35.5. The van der Waals surface area contributed by atoms with Gasteiger partial charge < -0.3 is 5.32 Å². The monoisotopic (exact) mass is 689 g/mol. The maximum absolute atomic E-state index is 15.8. The second-order valence-corrected chi connectivity index (χ2v) is 13.7. The van der Waals surface area contributed by atoms with Gasteiger partial charge in [-0.1, -0.05) is 29.8 Å². The van der Waals surface area contributed by atoms with Crippen LogP contribution < -0.4 is 16.0 Å². The third-order valence-corrected chi connectivity index (χ3v) is 10.6. The number of imide groups is 2. The van der Waals surface area contributed by atoms with Crippen LogP contribution in [-0.4, -0.2) is 55.2 Å². The highest BCUT2D eigenvalue weighted by molar-refractivity contribution is 7.14. The molecule has 4 aromatic rings. The number of thiophene rings is 1. The molecule has 48 heavy (non-hydrogen) atoms. The van der Waals surface area contributed by atoms with Crippen LogP contribution in [-0.2, 0) is 20.9 Å². The summed E-state index contributed by atoms with van der Waals surface area (Å²) in [5.41, 5.74) is 2.47. The highest BCUT2D eigenvalue weighted by Crippen LogP contribution is 2.43. The van der Waals surface area contributed by atoms with Crippen molar-refractivity contribution in [3.63, 3.8) is 0 Å². The molecule has 2 aromatic heterocycles. The van der Waals surface area contributed by atoms with E-state index in [1.54, 1.807) is 11.3 Å². The fraction of sp³-hybridized carbons (Fsp3) is 0.303. The molecule has 15 heteroatoms.